The van der Waals surface area contributed by atoms with Crippen molar-refractivity contribution in [3.05, 3.63) is 69.1 Å². The lowest BCUT2D eigenvalue weighted by atomic mass is 9.98. The van der Waals surface area contributed by atoms with Gasteiger partial charge in [-0.1, -0.05) is 12.1 Å². The second-order valence-electron chi connectivity index (χ2n) is 9.13. The van der Waals surface area contributed by atoms with E-state index in [0.717, 1.165) is 55.0 Å². The summed E-state index contributed by atoms with van der Waals surface area (Å²) in [6.07, 6.45) is 0.842. The molecular formula is C25H29F3N6OS. The number of aryl methyl sites for hydroxylation is 1. The van der Waals surface area contributed by atoms with Crippen LogP contribution in [0.15, 0.2) is 35.8 Å². The molecule has 11 heteroatoms. The van der Waals surface area contributed by atoms with Gasteiger partial charge in [0.25, 0.3) is 0 Å². The first-order valence-electron chi connectivity index (χ1n) is 11.9. The Labute approximate surface area is 212 Å². The van der Waals surface area contributed by atoms with Crippen LogP contribution < -0.4 is 15.4 Å². The number of hydrogen-bond donors (Lipinski definition) is 2. The highest BCUT2D eigenvalue weighted by molar-refractivity contribution is 7.09. The normalized spacial score (nSPS) is 19.5. The van der Waals surface area contributed by atoms with E-state index < -0.39 is 11.9 Å². The highest BCUT2D eigenvalue weighted by atomic mass is 32.1. The lowest BCUT2D eigenvalue weighted by Gasteiger charge is -2.30. The van der Waals surface area contributed by atoms with Crippen molar-refractivity contribution in [2.45, 2.75) is 51.1 Å². The zero-order valence-electron chi connectivity index (χ0n) is 20.2. The number of hydrogen-bond acceptors (Lipinski definition) is 7. The third-order valence-corrected chi connectivity index (χ3v) is 7.80. The minimum absolute atomic E-state index is 0.0333. The first-order valence-corrected chi connectivity index (χ1v) is 12.8. The zero-order valence-corrected chi connectivity index (χ0v) is 21.0. The van der Waals surface area contributed by atoms with Gasteiger partial charge in [0.2, 0.25) is 0 Å². The summed E-state index contributed by atoms with van der Waals surface area (Å²) in [6, 6.07) is 7.17. The van der Waals surface area contributed by atoms with Crippen molar-refractivity contribution in [1.29, 1.82) is 0 Å². The quantitative estimate of drug-likeness (QED) is 0.502. The number of likely N-dealkylation sites (tertiary alicyclic amines) is 1. The molecule has 2 aromatic heterocycles. The van der Waals surface area contributed by atoms with Gasteiger partial charge in [-0.25, -0.2) is 9.67 Å². The fourth-order valence-electron chi connectivity index (χ4n) is 4.72. The van der Waals surface area contributed by atoms with Crippen LogP contribution in [-0.4, -0.2) is 39.9 Å². The molecule has 0 saturated carbocycles. The smallest absolute Gasteiger partial charge is 0.435 e. The number of rotatable bonds is 5. The molecule has 4 heterocycles. The molecule has 1 saturated heterocycles. The van der Waals surface area contributed by atoms with E-state index >= 15 is 0 Å². The molecule has 1 fully saturated rings. The summed E-state index contributed by atoms with van der Waals surface area (Å²) in [6.45, 7) is 4.69. The Kier molecular flexibility index (Phi) is 7.05. The Balaban J connectivity index is 1.17. The number of nitrogens with one attached hydrogen (secondary N) is 2. The maximum absolute atomic E-state index is 12.9. The minimum Gasteiger partial charge on any atom is -0.496 e. The molecular weight excluding hydrogens is 489 g/mol. The molecule has 192 valence electrons. The molecule has 36 heavy (non-hydrogen) atoms. The Hall–Kier alpha value is -2.89. The van der Waals surface area contributed by atoms with Gasteiger partial charge in [0, 0.05) is 61.1 Å². The van der Waals surface area contributed by atoms with E-state index in [2.05, 4.69) is 32.1 Å². The monoisotopic (exact) mass is 518 g/mol. The van der Waals surface area contributed by atoms with Crippen LogP contribution in [0.4, 0.5) is 13.2 Å². The van der Waals surface area contributed by atoms with Crippen LogP contribution in [0.5, 0.6) is 5.75 Å². The topological polar surface area (TPSA) is 67.2 Å². The van der Waals surface area contributed by atoms with E-state index in [1.165, 1.54) is 15.8 Å². The lowest BCUT2D eigenvalue weighted by Crippen LogP contribution is -2.31. The van der Waals surface area contributed by atoms with Crippen LogP contribution >= 0.6 is 11.3 Å². The van der Waals surface area contributed by atoms with Crippen molar-refractivity contribution < 1.29 is 17.9 Å². The van der Waals surface area contributed by atoms with Crippen molar-refractivity contribution >= 4 is 17.5 Å². The van der Waals surface area contributed by atoms with Gasteiger partial charge in [-0.05, 0) is 37.5 Å². The largest absolute Gasteiger partial charge is 0.496 e. The van der Waals surface area contributed by atoms with Gasteiger partial charge >= 0.3 is 6.18 Å². The highest BCUT2D eigenvalue weighted by Crippen LogP contribution is 2.33. The van der Waals surface area contributed by atoms with Crippen LogP contribution in [0.1, 0.15) is 58.1 Å². The number of halogens is 3. The number of thiazole rings is 1. The van der Waals surface area contributed by atoms with E-state index in [1.807, 2.05) is 18.3 Å². The number of methoxy groups -OCH3 is 1. The van der Waals surface area contributed by atoms with Crippen LogP contribution in [0.3, 0.4) is 0 Å². The number of piperidine rings is 1. The second kappa shape index (κ2) is 10.2. The summed E-state index contributed by atoms with van der Waals surface area (Å²) in [4.78, 5) is 7.09. The SMILES string of the molecule is COc1cccc2c1CNC(c1csc(C3CCN(C=Cn4nc(C(F)(F)F)cc4C)CC3)n1)NC2. The van der Waals surface area contributed by atoms with Gasteiger partial charge in [0.15, 0.2) is 5.69 Å². The van der Waals surface area contributed by atoms with E-state index in [-0.39, 0.29) is 6.17 Å². The molecule has 1 unspecified atom stereocenters. The van der Waals surface area contributed by atoms with Crippen molar-refractivity contribution in [1.82, 2.24) is 30.3 Å². The van der Waals surface area contributed by atoms with E-state index in [0.29, 0.717) is 18.2 Å². The summed E-state index contributed by atoms with van der Waals surface area (Å²) >= 11 is 1.69. The van der Waals surface area contributed by atoms with Crippen molar-refractivity contribution in [2.75, 3.05) is 20.2 Å². The Morgan fingerprint density at radius 2 is 1.92 bits per heavy atom. The average Bonchev–Trinajstić information content (AvgIpc) is 3.44. The van der Waals surface area contributed by atoms with Gasteiger partial charge < -0.3 is 9.64 Å². The standard InChI is InChI=1S/C25H29F3N6OS/c1-16-12-22(25(26,27)28)32-34(16)11-10-33-8-6-17(7-9-33)24-31-20(15-36-24)23-29-13-18-4-3-5-21(35-2)19(18)14-30-23/h3-5,10-12,15,17,23,29-30H,6-9,13-14H2,1-2H3. The molecule has 2 aliphatic heterocycles. The fourth-order valence-corrected chi connectivity index (χ4v) is 5.73. The maximum Gasteiger partial charge on any atom is 0.435 e. The molecule has 3 aromatic rings. The summed E-state index contributed by atoms with van der Waals surface area (Å²) in [7, 11) is 1.70. The molecule has 0 amide bonds. The predicted octanol–water partition coefficient (Wildman–Crippen LogP) is 4.87. The first kappa shape index (κ1) is 24.8. The van der Waals surface area contributed by atoms with Crippen molar-refractivity contribution in [3.63, 3.8) is 0 Å². The van der Waals surface area contributed by atoms with E-state index in [1.54, 1.807) is 31.6 Å². The van der Waals surface area contributed by atoms with Crippen molar-refractivity contribution in [3.8, 4) is 5.75 Å². The van der Waals surface area contributed by atoms with Crippen LogP contribution in [0.25, 0.3) is 6.20 Å². The van der Waals surface area contributed by atoms with E-state index in [9.17, 15) is 13.2 Å². The number of aromatic nitrogens is 3. The van der Waals surface area contributed by atoms with Gasteiger partial charge in [0.1, 0.15) is 11.9 Å². The van der Waals surface area contributed by atoms with Crippen LogP contribution in [0, 0.1) is 6.92 Å². The summed E-state index contributed by atoms with van der Waals surface area (Å²) in [5.41, 5.74) is 2.97. The van der Waals surface area contributed by atoms with Crippen molar-refractivity contribution in [2.24, 2.45) is 0 Å². The Bertz CT molecular complexity index is 1230. The highest BCUT2D eigenvalue weighted by Gasteiger charge is 2.34. The molecule has 1 atom stereocenters. The number of fused-ring (bicyclic) bond motifs is 1. The third-order valence-electron chi connectivity index (χ3n) is 6.78. The Morgan fingerprint density at radius 3 is 2.64 bits per heavy atom. The number of benzene rings is 1. The molecule has 2 aliphatic rings. The first-order chi connectivity index (χ1) is 17.3. The number of alkyl halides is 3. The predicted molar refractivity (Wildman–Crippen MR) is 132 cm³/mol. The van der Waals surface area contributed by atoms with Gasteiger partial charge in [-0.2, -0.15) is 18.3 Å². The summed E-state index contributed by atoms with van der Waals surface area (Å²) in [5, 5.41) is 14.0. The fraction of sp³-hybridized carbons (Fsp3) is 0.440. The van der Waals surface area contributed by atoms with E-state index in [4.69, 9.17) is 9.72 Å². The molecule has 7 nitrogen and oxygen atoms in total. The minimum atomic E-state index is -4.44. The Morgan fingerprint density at radius 1 is 1.14 bits per heavy atom. The van der Waals surface area contributed by atoms with Gasteiger partial charge in [-0.3, -0.25) is 10.6 Å². The molecule has 5 rings (SSSR count). The lowest BCUT2D eigenvalue weighted by molar-refractivity contribution is -0.141. The number of ether oxygens (including phenoxy) is 1. The summed E-state index contributed by atoms with van der Waals surface area (Å²) in [5.74, 6) is 1.27. The second-order valence-corrected chi connectivity index (χ2v) is 10.0. The van der Waals surface area contributed by atoms with Crippen LogP contribution in [-0.2, 0) is 19.3 Å². The maximum atomic E-state index is 12.9. The molecule has 2 N–H and O–H groups in total. The van der Waals surface area contributed by atoms with Crippen LogP contribution in [0.2, 0.25) is 0 Å². The molecule has 0 spiro atoms. The zero-order chi connectivity index (χ0) is 25.3. The molecule has 0 radical (unpaired) electrons. The molecule has 1 aromatic carbocycles. The van der Waals surface area contributed by atoms with Gasteiger partial charge in [0.05, 0.1) is 17.8 Å². The molecule has 0 bridgehead atoms. The summed E-state index contributed by atoms with van der Waals surface area (Å²) < 4.78 is 45.5. The molecule has 0 aliphatic carbocycles. The third kappa shape index (κ3) is 5.28. The van der Waals surface area contributed by atoms with Gasteiger partial charge in [-0.15, -0.1) is 11.3 Å². The average molecular weight is 519 g/mol. The number of nitrogens with zero attached hydrogens (tertiary/aromatic N) is 4.